The van der Waals surface area contributed by atoms with E-state index >= 15 is 0 Å². The summed E-state index contributed by atoms with van der Waals surface area (Å²) in [5.74, 6) is -0.259. The van der Waals surface area contributed by atoms with Crippen molar-refractivity contribution in [2.24, 2.45) is 0 Å². The molecule has 2 rings (SSSR count). The number of oxazole rings is 1. The summed E-state index contributed by atoms with van der Waals surface area (Å²) in [4.78, 5) is 27.1. The average Bonchev–Trinajstić information content (AvgIpc) is 2.95. The molecule has 8 heteroatoms. The van der Waals surface area contributed by atoms with Crippen LogP contribution in [0.1, 0.15) is 22.1 Å². The van der Waals surface area contributed by atoms with Gasteiger partial charge >= 0.3 is 5.97 Å². The molecular weight excluding hydrogens is 264 g/mol. The third kappa shape index (κ3) is 3.02. The smallest absolute Gasteiger partial charge is 0.327 e. The molecule has 0 aliphatic carbocycles. The zero-order chi connectivity index (χ0) is 14.7. The zero-order valence-corrected chi connectivity index (χ0v) is 11.3. The van der Waals surface area contributed by atoms with Crippen LogP contribution in [0, 0.1) is 13.8 Å². The highest BCUT2D eigenvalue weighted by Gasteiger charge is 2.16. The van der Waals surface area contributed by atoms with E-state index in [1.54, 1.807) is 13.8 Å². The molecule has 0 atom stereocenters. The van der Waals surface area contributed by atoms with Crippen LogP contribution in [0.25, 0.3) is 0 Å². The Morgan fingerprint density at radius 3 is 2.80 bits per heavy atom. The average molecular weight is 278 g/mol. The molecule has 0 spiro atoms. The maximum atomic E-state index is 12.0. The molecular formula is C12H14N4O4. The van der Waals surface area contributed by atoms with Crippen LogP contribution in [0.2, 0.25) is 0 Å². The van der Waals surface area contributed by atoms with E-state index < -0.39 is 11.9 Å². The second-order valence-electron chi connectivity index (χ2n) is 4.10. The summed E-state index contributed by atoms with van der Waals surface area (Å²) in [6, 6.07) is 0. The number of hydrogen-bond acceptors (Lipinski definition) is 6. The summed E-state index contributed by atoms with van der Waals surface area (Å²) in [6.45, 7) is 3.33. The van der Waals surface area contributed by atoms with E-state index in [2.05, 4.69) is 20.1 Å². The Morgan fingerprint density at radius 1 is 1.45 bits per heavy atom. The SMILES string of the molecule is COC(=O)Cn1cc(NC(=O)c2oc(C)nc2C)cn1. The number of methoxy groups -OCH3 is 1. The number of hydrogen-bond donors (Lipinski definition) is 1. The first-order valence-corrected chi connectivity index (χ1v) is 5.84. The van der Waals surface area contributed by atoms with Gasteiger partial charge in [-0.3, -0.25) is 14.3 Å². The molecule has 0 fully saturated rings. The third-order valence-corrected chi connectivity index (χ3v) is 2.52. The maximum Gasteiger partial charge on any atom is 0.327 e. The predicted octanol–water partition coefficient (Wildman–Crippen LogP) is 0.913. The van der Waals surface area contributed by atoms with Gasteiger partial charge in [-0.1, -0.05) is 0 Å². The predicted molar refractivity (Wildman–Crippen MR) is 68.2 cm³/mol. The number of esters is 1. The van der Waals surface area contributed by atoms with Crippen LogP contribution in [-0.4, -0.2) is 33.8 Å². The summed E-state index contributed by atoms with van der Waals surface area (Å²) in [7, 11) is 1.30. The normalized spacial score (nSPS) is 10.3. The fraction of sp³-hybridized carbons (Fsp3) is 0.333. The molecule has 0 unspecified atom stereocenters. The molecule has 0 saturated heterocycles. The van der Waals surface area contributed by atoms with Gasteiger partial charge in [0, 0.05) is 13.1 Å². The van der Waals surface area contributed by atoms with Crippen LogP contribution in [0.5, 0.6) is 0 Å². The van der Waals surface area contributed by atoms with Crippen molar-refractivity contribution >= 4 is 17.6 Å². The highest BCUT2D eigenvalue weighted by Crippen LogP contribution is 2.13. The number of aryl methyl sites for hydroxylation is 2. The summed E-state index contributed by atoms with van der Waals surface area (Å²) < 4.78 is 11.1. The van der Waals surface area contributed by atoms with Gasteiger partial charge < -0.3 is 14.5 Å². The number of carbonyl (C=O) groups excluding carboxylic acids is 2. The molecule has 2 aromatic heterocycles. The van der Waals surface area contributed by atoms with Crippen molar-refractivity contribution in [1.29, 1.82) is 0 Å². The van der Waals surface area contributed by atoms with E-state index in [4.69, 9.17) is 4.42 Å². The van der Waals surface area contributed by atoms with Gasteiger partial charge in [0.2, 0.25) is 5.76 Å². The molecule has 20 heavy (non-hydrogen) atoms. The lowest BCUT2D eigenvalue weighted by molar-refractivity contribution is -0.141. The Kier molecular flexibility index (Phi) is 3.83. The molecule has 106 valence electrons. The molecule has 0 aliphatic rings. The molecule has 0 saturated carbocycles. The Hall–Kier alpha value is -2.64. The lowest BCUT2D eigenvalue weighted by Gasteiger charge is -2.00. The van der Waals surface area contributed by atoms with Crippen LogP contribution < -0.4 is 5.32 Å². The molecule has 1 amide bonds. The summed E-state index contributed by atoms with van der Waals surface area (Å²) in [5, 5.41) is 6.55. The molecule has 2 aromatic rings. The Bertz CT molecular complexity index is 644. The van der Waals surface area contributed by atoms with Gasteiger partial charge in [-0.25, -0.2) is 4.98 Å². The van der Waals surface area contributed by atoms with Crippen LogP contribution >= 0.6 is 0 Å². The van der Waals surface area contributed by atoms with Gasteiger partial charge in [0.25, 0.3) is 5.91 Å². The van der Waals surface area contributed by atoms with E-state index in [1.165, 1.54) is 24.2 Å². The quantitative estimate of drug-likeness (QED) is 0.834. The van der Waals surface area contributed by atoms with Gasteiger partial charge in [0.05, 0.1) is 24.7 Å². The van der Waals surface area contributed by atoms with Crippen LogP contribution in [0.15, 0.2) is 16.8 Å². The summed E-state index contributed by atoms with van der Waals surface area (Å²) in [5.41, 5.74) is 0.967. The highest BCUT2D eigenvalue weighted by atomic mass is 16.5. The van der Waals surface area contributed by atoms with E-state index in [0.29, 0.717) is 17.3 Å². The Balaban J connectivity index is 2.05. The van der Waals surface area contributed by atoms with E-state index in [1.807, 2.05) is 0 Å². The first kappa shape index (κ1) is 13.8. The third-order valence-electron chi connectivity index (χ3n) is 2.52. The lowest BCUT2D eigenvalue weighted by Crippen LogP contribution is -2.13. The highest BCUT2D eigenvalue weighted by molar-refractivity contribution is 6.02. The lowest BCUT2D eigenvalue weighted by atomic mass is 10.3. The minimum atomic E-state index is -0.423. The van der Waals surface area contributed by atoms with Crippen molar-refractivity contribution in [3.63, 3.8) is 0 Å². The van der Waals surface area contributed by atoms with Crippen LogP contribution in [-0.2, 0) is 16.1 Å². The minimum absolute atomic E-state index is 0.0210. The summed E-state index contributed by atoms with van der Waals surface area (Å²) >= 11 is 0. The van der Waals surface area contributed by atoms with Crippen molar-refractivity contribution in [3.8, 4) is 0 Å². The number of carbonyl (C=O) groups is 2. The van der Waals surface area contributed by atoms with Crippen LogP contribution in [0.3, 0.4) is 0 Å². The van der Waals surface area contributed by atoms with Crippen molar-refractivity contribution in [2.75, 3.05) is 12.4 Å². The van der Waals surface area contributed by atoms with E-state index in [-0.39, 0.29) is 12.3 Å². The van der Waals surface area contributed by atoms with Crippen molar-refractivity contribution < 1.29 is 18.7 Å². The van der Waals surface area contributed by atoms with Crippen molar-refractivity contribution in [1.82, 2.24) is 14.8 Å². The van der Waals surface area contributed by atoms with Gasteiger partial charge in [-0.15, -0.1) is 0 Å². The van der Waals surface area contributed by atoms with Gasteiger partial charge in [-0.05, 0) is 6.92 Å². The number of nitrogens with one attached hydrogen (secondary N) is 1. The Morgan fingerprint density at radius 2 is 2.20 bits per heavy atom. The standard InChI is InChI=1S/C12H14N4O4/c1-7-11(20-8(2)14-7)12(18)15-9-4-13-16(5-9)6-10(17)19-3/h4-5H,6H2,1-3H3,(H,15,18). The van der Waals surface area contributed by atoms with Crippen LogP contribution in [0.4, 0.5) is 5.69 Å². The van der Waals surface area contributed by atoms with Gasteiger partial charge in [0.15, 0.2) is 5.89 Å². The first-order valence-electron chi connectivity index (χ1n) is 5.84. The molecule has 2 heterocycles. The van der Waals surface area contributed by atoms with Gasteiger partial charge in [-0.2, -0.15) is 5.10 Å². The zero-order valence-electron chi connectivity index (χ0n) is 11.3. The van der Waals surface area contributed by atoms with Crippen molar-refractivity contribution in [2.45, 2.75) is 20.4 Å². The maximum absolute atomic E-state index is 12.0. The van der Waals surface area contributed by atoms with E-state index in [0.717, 1.165) is 0 Å². The second kappa shape index (κ2) is 5.55. The summed E-state index contributed by atoms with van der Waals surface area (Å²) in [6.07, 6.45) is 2.95. The first-order chi connectivity index (χ1) is 9.49. The second-order valence-corrected chi connectivity index (χ2v) is 4.10. The largest absolute Gasteiger partial charge is 0.468 e. The number of amides is 1. The monoisotopic (exact) mass is 278 g/mol. The molecule has 8 nitrogen and oxygen atoms in total. The van der Waals surface area contributed by atoms with E-state index in [9.17, 15) is 9.59 Å². The number of aromatic nitrogens is 3. The molecule has 0 aromatic carbocycles. The molecule has 1 N–H and O–H groups in total. The number of rotatable bonds is 4. The van der Waals surface area contributed by atoms with Crippen molar-refractivity contribution in [3.05, 3.63) is 29.7 Å². The van der Waals surface area contributed by atoms with Gasteiger partial charge in [0.1, 0.15) is 6.54 Å². The fourth-order valence-electron chi connectivity index (χ4n) is 1.64. The minimum Gasteiger partial charge on any atom is -0.468 e. The molecule has 0 radical (unpaired) electrons. The topological polar surface area (TPSA) is 99.2 Å². The molecule has 0 aliphatic heterocycles. The number of anilines is 1. The fourth-order valence-corrected chi connectivity index (χ4v) is 1.64. The molecule has 0 bridgehead atoms. The number of ether oxygens (including phenoxy) is 1. The number of nitrogens with zero attached hydrogens (tertiary/aromatic N) is 3. The Labute approximate surface area is 114 Å².